The number of nitrogens with one attached hydrogen (secondary N) is 1. The van der Waals surface area contributed by atoms with E-state index < -0.39 is 23.6 Å². The number of hydrogen-bond donors (Lipinski definition) is 1. The van der Waals surface area contributed by atoms with Crippen molar-refractivity contribution < 1.29 is 24.0 Å². The molecule has 0 aromatic heterocycles. The van der Waals surface area contributed by atoms with Gasteiger partial charge in [-0.1, -0.05) is 42.0 Å². The first-order valence-corrected chi connectivity index (χ1v) is 10.2. The van der Waals surface area contributed by atoms with Gasteiger partial charge in [-0.2, -0.15) is 0 Å². The zero-order chi connectivity index (χ0) is 22.1. The predicted octanol–water partition coefficient (Wildman–Crippen LogP) is 2.14. The van der Waals surface area contributed by atoms with Crippen LogP contribution in [-0.2, 0) is 27.3 Å². The number of nitrogens with zero attached hydrogens (tertiary/aromatic N) is 1. The normalized spacial score (nSPS) is 18.4. The van der Waals surface area contributed by atoms with Gasteiger partial charge in [-0.25, -0.2) is 0 Å². The van der Waals surface area contributed by atoms with Gasteiger partial charge in [0.1, 0.15) is 5.78 Å². The lowest BCUT2D eigenvalue weighted by molar-refractivity contribution is -0.132. The van der Waals surface area contributed by atoms with Crippen molar-refractivity contribution in [1.82, 2.24) is 10.2 Å². The van der Waals surface area contributed by atoms with Crippen molar-refractivity contribution in [2.75, 3.05) is 0 Å². The Bertz CT molecular complexity index is 1120. The van der Waals surface area contributed by atoms with E-state index in [1.165, 1.54) is 0 Å². The highest BCUT2D eigenvalue weighted by Crippen LogP contribution is 2.31. The van der Waals surface area contributed by atoms with E-state index in [-0.39, 0.29) is 55.0 Å². The molecule has 0 radical (unpaired) electrons. The molecule has 7 nitrogen and oxygen atoms in total. The standard InChI is InChI=1S/C24H22N2O5/c1-14-4-2-5-15(10-14)11-21(29)25-13-16-6-3-7-18-22(16)24(31)26(23(18)30)19-9-8-17(27)12-20(19)28/h2-7,10,19H,8-9,11-13H2,1H3,(H,25,29). The van der Waals surface area contributed by atoms with Crippen molar-refractivity contribution in [2.45, 2.75) is 45.2 Å². The topological polar surface area (TPSA) is 101 Å². The molecule has 2 aliphatic rings. The Hall–Kier alpha value is -3.61. The highest BCUT2D eigenvalue weighted by atomic mass is 16.2. The number of amides is 3. The van der Waals surface area contributed by atoms with Gasteiger partial charge < -0.3 is 5.32 Å². The third-order valence-corrected chi connectivity index (χ3v) is 5.71. The third kappa shape index (κ3) is 4.03. The van der Waals surface area contributed by atoms with Crippen LogP contribution in [0.1, 0.15) is 56.7 Å². The molecule has 1 saturated carbocycles. The molecule has 0 bridgehead atoms. The Morgan fingerprint density at radius 2 is 1.84 bits per heavy atom. The van der Waals surface area contributed by atoms with Gasteiger partial charge in [-0.15, -0.1) is 0 Å². The van der Waals surface area contributed by atoms with Crippen molar-refractivity contribution >= 4 is 29.3 Å². The average molecular weight is 418 g/mol. The van der Waals surface area contributed by atoms with Crippen molar-refractivity contribution in [2.24, 2.45) is 0 Å². The number of aryl methyl sites for hydroxylation is 1. The van der Waals surface area contributed by atoms with Crippen LogP contribution in [0.4, 0.5) is 0 Å². The van der Waals surface area contributed by atoms with Crippen LogP contribution in [0.5, 0.6) is 0 Å². The summed E-state index contributed by atoms with van der Waals surface area (Å²) in [6.07, 6.45) is 0.289. The van der Waals surface area contributed by atoms with E-state index in [4.69, 9.17) is 0 Å². The summed E-state index contributed by atoms with van der Waals surface area (Å²) >= 11 is 0. The zero-order valence-electron chi connectivity index (χ0n) is 17.1. The summed E-state index contributed by atoms with van der Waals surface area (Å²) in [6, 6.07) is 11.6. The summed E-state index contributed by atoms with van der Waals surface area (Å²) in [7, 11) is 0. The molecule has 1 fully saturated rings. The Morgan fingerprint density at radius 3 is 2.58 bits per heavy atom. The van der Waals surface area contributed by atoms with Crippen LogP contribution in [0.3, 0.4) is 0 Å². The first-order valence-electron chi connectivity index (χ1n) is 10.2. The van der Waals surface area contributed by atoms with E-state index in [0.29, 0.717) is 5.56 Å². The van der Waals surface area contributed by atoms with E-state index in [9.17, 15) is 24.0 Å². The van der Waals surface area contributed by atoms with Gasteiger partial charge in [-0.05, 0) is 30.5 Å². The second kappa shape index (κ2) is 8.26. The quantitative estimate of drug-likeness (QED) is 0.592. The first kappa shape index (κ1) is 20.7. The number of hydrogen-bond acceptors (Lipinski definition) is 5. The van der Waals surface area contributed by atoms with Crippen LogP contribution in [-0.4, -0.2) is 40.2 Å². The first-order chi connectivity index (χ1) is 14.8. The van der Waals surface area contributed by atoms with E-state index in [1.54, 1.807) is 18.2 Å². The molecule has 0 saturated heterocycles. The molecule has 1 unspecified atom stereocenters. The van der Waals surface area contributed by atoms with Gasteiger partial charge in [0.25, 0.3) is 11.8 Å². The van der Waals surface area contributed by atoms with Crippen LogP contribution < -0.4 is 5.32 Å². The summed E-state index contributed by atoms with van der Waals surface area (Å²) in [5.74, 6) is -1.84. The number of ketones is 2. The lowest BCUT2D eigenvalue weighted by Crippen LogP contribution is -2.47. The van der Waals surface area contributed by atoms with Gasteiger partial charge in [0.2, 0.25) is 5.91 Å². The van der Waals surface area contributed by atoms with E-state index in [2.05, 4.69) is 5.32 Å². The van der Waals surface area contributed by atoms with Gasteiger partial charge >= 0.3 is 0 Å². The van der Waals surface area contributed by atoms with Crippen LogP contribution >= 0.6 is 0 Å². The Morgan fingerprint density at radius 1 is 1.06 bits per heavy atom. The van der Waals surface area contributed by atoms with Crippen LogP contribution in [0.2, 0.25) is 0 Å². The van der Waals surface area contributed by atoms with Crippen LogP contribution in [0.25, 0.3) is 0 Å². The minimum Gasteiger partial charge on any atom is -0.352 e. The molecular formula is C24H22N2O5. The molecule has 0 spiro atoms. The monoisotopic (exact) mass is 418 g/mol. The van der Waals surface area contributed by atoms with Crippen molar-refractivity contribution in [3.8, 4) is 0 Å². The minimum atomic E-state index is -0.908. The number of Topliss-reactive ketones (excluding diaryl/α,β-unsaturated/α-hetero) is 2. The predicted molar refractivity (Wildman–Crippen MR) is 111 cm³/mol. The van der Waals surface area contributed by atoms with E-state index in [1.807, 2.05) is 31.2 Å². The SMILES string of the molecule is Cc1cccc(CC(=O)NCc2cccc3c2C(=O)N(C2CCC(=O)CC2=O)C3=O)c1. The summed E-state index contributed by atoms with van der Waals surface area (Å²) in [6.45, 7) is 2.05. The molecule has 7 heteroatoms. The molecule has 3 amide bonds. The summed E-state index contributed by atoms with van der Waals surface area (Å²) < 4.78 is 0. The zero-order valence-corrected chi connectivity index (χ0v) is 17.1. The molecule has 158 valence electrons. The third-order valence-electron chi connectivity index (χ3n) is 5.71. The molecule has 1 aliphatic carbocycles. The van der Waals surface area contributed by atoms with Crippen molar-refractivity contribution in [3.63, 3.8) is 0 Å². The summed E-state index contributed by atoms with van der Waals surface area (Å²) in [4.78, 5) is 63.1. The Kier molecular flexibility index (Phi) is 5.50. The van der Waals surface area contributed by atoms with Crippen LogP contribution in [0, 0.1) is 6.92 Å². The molecule has 4 rings (SSSR count). The molecule has 1 aliphatic heterocycles. The Balaban J connectivity index is 1.50. The number of imide groups is 1. The molecule has 1 heterocycles. The lowest BCUT2D eigenvalue weighted by atomic mass is 9.92. The second-order valence-electron chi connectivity index (χ2n) is 8.00. The second-order valence-corrected chi connectivity index (χ2v) is 8.00. The van der Waals surface area contributed by atoms with Crippen molar-refractivity contribution in [3.05, 3.63) is 70.3 Å². The summed E-state index contributed by atoms with van der Waals surface area (Å²) in [5, 5.41) is 2.81. The number of carbonyl (C=O) groups excluding carboxylic acids is 5. The fraction of sp³-hybridized carbons (Fsp3) is 0.292. The number of fused-ring (bicyclic) bond motifs is 1. The number of rotatable bonds is 5. The smallest absolute Gasteiger partial charge is 0.262 e. The highest BCUT2D eigenvalue weighted by molar-refractivity contribution is 6.24. The molecule has 1 N–H and O–H groups in total. The number of carbonyl (C=O) groups is 5. The largest absolute Gasteiger partial charge is 0.352 e. The number of benzene rings is 2. The lowest BCUT2D eigenvalue weighted by Gasteiger charge is -2.27. The fourth-order valence-electron chi connectivity index (χ4n) is 4.20. The van der Waals surface area contributed by atoms with E-state index >= 15 is 0 Å². The van der Waals surface area contributed by atoms with Gasteiger partial charge in [0.05, 0.1) is 30.0 Å². The van der Waals surface area contributed by atoms with Gasteiger partial charge in [0.15, 0.2) is 5.78 Å². The molecule has 31 heavy (non-hydrogen) atoms. The average Bonchev–Trinajstić information content (AvgIpc) is 2.98. The van der Waals surface area contributed by atoms with Gasteiger partial charge in [0, 0.05) is 13.0 Å². The maximum atomic E-state index is 13.1. The molecular weight excluding hydrogens is 396 g/mol. The molecule has 2 aromatic carbocycles. The fourth-order valence-corrected chi connectivity index (χ4v) is 4.20. The Labute approximate surface area is 179 Å². The minimum absolute atomic E-state index is 0.0950. The van der Waals surface area contributed by atoms with Crippen molar-refractivity contribution in [1.29, 1.82) is 0 Å². The highest BCUT2D eigenvalue weighted by Gasteiger charge is 2.45. The van der Waals surface area contributed by atoms with Crippen LogP contribution in [0.15, 0.2) is 42.5 Å². The van der Waals surface area contributed by atoms with Gasteiger partial charge in [-0.3, -0.25) is 28.9 Å². The van der Waals surface area contributed by atoms with E-state index in [0.717, 1.165) is 16.0 Å². The summed E-state index contributed by atoms with van der Waals surface area (Å²) in [5.41, 5.74) is 2.91. The maximum absolute atomic E-state index is 13.1. The molecule has 1 atom stereocenters. The maximum Gasteiger partial charge on any atom is 0.262 e. The molecule has 2 aromatic rings.